The molecule has 3 fully saturated rings. The third-order valence-electron chi connectivity index (χ3n) is 11.4. The monoisotopic (exact) mass is 813 g/mol. The van der Waals surface area contributed by atoms with Crippen molar-refractivity contribution in [1.29, 1.82) is 5.26 Å². The van der Waals surface area contributed by atoms with Gasteiger partial charge >= 0.3 is 6.18 Å². The van der Waals surface area contributed by atoms with Crippen LogP contribution in [0.5, 0.6) is 0 Å². The van der Waals surface area contributed by atoms with Crippen molar-refractivity contribution in [2.75, 3.05) is 63.1 Å². The molecular formula is C41H54F3N7O5S. The first-order valence-corrected chi connectivity index (χ1v) is 19.9. The number of piperazine rings is 1. The maximum atomic E-state index is 13.3. The number of nitriles is 1. The van der Waals surface area contributed by atoms with Crippen molar-refractivity contribution < 1.29 is 37.5 Å². The molecule has 0 radical (unpaired) electrons. The minimum atomic E-state index is -4.68. The van der Waals surface area contributed by atoms with Crippen LogP contribution in [0.3, 0.4) is 0 Å². The Kier molecular flexibility index (Phi) is 15.7. The van der Waals surface area contributed by atoms with Crippen molar-refractivity contribution >= 4 is 52.7 Å². The van der Waals surface area contributed by atoms with Crippen LogP contribution in [0.15, 0.2) is 42.5 Å². The average molecular weight is 814 g/mol. The summed E-state index contributed by atoms with van der Waals surface area (Å²) in [5, 5.41) is 23.3. The van der Waals surface area contributed by atoms with E-state index in [1.54, 1.807) is 19.9 Å². The van der Waals surface area contributed by atoms with Crippen molar-refractivity contribution in [2.45, 2.75) is 95.3 Å². The highest BCUT2D eigenvalue weighted by molar-refractivity contribution is 7.78. The summed E-state index contributed by atoms with van der Waals surface area (Å²) in [7, 11) is 1.44. The molecule has 16 heteroatoms. The number of aliphatic hydroxyl groups is 1. The second-order valence-corrected chi connectivity index (χ2v) is 15.6. The summed E-state index contributed by atoms with van der Waals surface area (Å²) in [4.78, 5) is 56.9. The Labute approximate surface area is 338 Å². The van der Waals surface area contributed by atoms with Gasteiger partial charge in [-0.15, -0.1) is 0 Å². The second kappa shape index (κ2) is 19.8. The number of amides is 4. The molecule has 1 atom stereocenters. The van der Waals surface area contributed by atoms with Gasteiger partial charge in [0, 0.05) is 63.6 Å². The van der Waals surface area contributed by atoms with Gasteiger partial charge in [-0.05, 0) is 75.4 Å². The van der Waals surface area contributed by atoms with E-state index in [9.17, 15) is 32.3 Å². The smallest absolute Gasteiger partial charge is 0.395 e. The van der Waals surface area contributed by atoms with Gasteiger partial charge in [0.2, 0.25) is 17.7 Å². The highest BCUT2D eigenvalue weighted by atomic mass is 32.1. The lowest BCUT2D eigenvalue weighted by Crippen LogP contribution is -2.58. The van der Waals surface area contributed by atoms with Crippen LogP contribution in [-0.2, 0) is 30.8 Å². The average Bonchev–Trinajstić information content (AvgIpc) is 3.19. The predicted molar refractivity (Wildman–Crippen MR) is 215 cm³/mol. The summed E-state index contributed by atoms with van der Waals surface area (Å²) < 4.78 is 39.8. The molecule has 0 aromatic heterocycles. The second-order valence-electron chi connectivity index (χ2n) is 15.3. The highest BCUT2D eigenvalue weighted by Gasteiger charge is 2.43. The molecule has 1 unspecified atom stereocenters. The molecule has 2 saturated heterocycles. The van der Waals surface area contributed by atoms with E-state index in [0.717, 1.165) is 76.0 Å². The number of piperidine rings is 1. The van der Waals surface area contributed by atoms with E-state index in [-0.39, 0.29) is 42.0 Å². The first kappa shape index (κ1) is 45.3. The molecule has 1 saturated carbocycles. The normalized spacial score (nSPS) is 19.7. The number of hydrogen-bond acceptors (Lipinski definition) is 9. The van der Waals surface area contributed by atoms with Gasteiger partial charge in [-0.2, -0.15) is 18.4 Å². The number of benzene rings is 2. The molecule has 1 aliphatic carbocycles. The Morgan fingerprint density at radius 2 is 1.68 bits per heavy atom. The molecule has 2 aliphatic heterocycles. The number of hydrogen-bond donors (Lipinski definition) is 3. The number of nitrogens with one attached hydrogen (secondary N) is 2. The van der Waals surface area contributed by atoms with Gasteiger partial charge in [0.15, 0.2) is 0 Å². The Morgan fingerprint density at radius 1 is 1.05 bits per heavy atom. The number of alkyl halides is 3. The van der Waals surface area contributed by atoms with E-state index in [2.05, 4.69) is 20.4 Å². The van der Waals surface area contributed by atoms with Crippen LogP contribution in [0, 0.1) is 11.3 Å². The Balaban J connectivity index is 0.000000253. The molecule has 3 aliphatic rings. The third kappa shape index (κ3) is 11.2. The summed E-state index contributed by atoms with van der Waals surface area (Å²) in [5.74, 6) is -0.898. The van der Waals surface area contributed by atoms with E-state index < -0.39 is 28.3 Å². The largest absolute Gasteiger partial charge is 0.417 e. The quantitative estimate of drug-likeness (QED) is 0.192. The maximum absolute atomic E-state index is 13.3. The molecule has 2 aromatic carbocycles. The fourth-order valence-electron chi connectivity index (χ4n) is 7.90. The van der Waals surface area contributed by atoms with Gasteiger partial charge in [0.25, 0.3) is 5.91 Å². The van der Waals surface area contributed by atoms with Crippen LogP contribution in [0.2, 0.25) is 0 Å². The van der Waals surface area contributed by atoms with Gasteiger partial charge in [0.05, 0.1) is 41.3 Å². The Hall–Kier alpha value is -4.43. The molecule has 310 valence electrons. The first-order valence-electron chi connectivity index (χ1n) is 19.4. The van der Waals surface area contributed by atoms with Gasteiger partial charge in [-0.3, -0.25) is 34.3 Å². The van der Waals surface area contributed by atoms with E-state index in [1.807, 2.05) is 36.1 Å². The van der Waals surface area contributed by atoms with E-state index >= 15 is 0 Å². The highest BCUT2D eigenvalue weighted by Crippen LogP contribution is 2.37. The number of rotatable bonds is 12. The van der Waals surface area contributed by atoms with Crippen LogP contribution in [0.25, 0.3) is 0 Å². The Morgan fingerprint density at radius 3 is 2.23 bits per heavy atom. The lowest BCUT2D eigenvalue weighted by molar-refractivity contribution is -0.139. The summed E-state index contributed by atoms with van der Waals surface area (Å²) in [6, 6.07) is 12.3. The number of carbonyl (C=O) groups excluding carboxylic acids is 4. The molecule has 4 amide bonds. The van der Waals surface area contributed by atoms with Crippen LogP contribution in [0.4, 0.5) is 24.5 Å². The minimum absolute atomic E-state index is 0.0698. The SMILES string of the molecule is CCC1(c2ccc(NC(=O)CN3CCN(CCO)CC3)cc2)CCC(=O)NC1=O.CN(C(=O)C(C)(C)N(C=S)C1CCCCC1)c1ccc(C#N)c(C(F)(F)F)c1. The lowest BCUT2D eigenvalue weighted by atomic mass is 9.72. The van der Waals surface area contributed by atoms with Crippen molar-refractivity contribution in [2.24, 2.45) is 0 Å². The summed E-state index contributed by atoms with van der Waals surface area (Å²) in [6.07, 6.45) is 1.92. The number of carbonyl (C=O) groups is 4. The number of anilines is 2. The number of thiocarbonyl (C=S) groups is 1. The van der Waals surface area contributed by atoms with Gasteiger partial charge in [0.1, 0.15) is 5.54 Å². The zero-order valence-corrected chi connectivity index (χ0v) is 34.0. The van der Waals surface area contributed by atoms with Gasteiger partial charge < -0.3 is 20.2 Å². The van der Waals surface area contributed by atoms with Gasteiger partial charge in [-0.1, -0.05) is 50.5 Å². The number of likely N-dealkylation sites (N-methyl/N-ethyl adjacent to an activating group) is 1. The molecular weight excluding hydrogens is 760 g/mol. The number of imide groups is 1. The molecule has 12 nitrogen and oxygen atoms in total. The fraction of sp³-hybridized carbons (Fsp3) is 0.561. The Bertz CT molecular complexity index is 1790. The predicted octanol–water partition coefficient (Wildman–Crippen LogP) is 5.23. The molecule has 5 rings (SSSR count). The van der Waals surface area contributed by atoms with E-state index in [4.69, 9.17) is 22.6 Å². The lowest BCUT2D eigenvalue weighted by Gasteiger charge is -2.44. The van der Waals surface area contributed by atoms with Gasteiger partial charge in [-0.25, -0.2) is 0 Å². The van der Waals surface area contributed by atoms with Crippen LogP contribution < -0.4 is 15.5 Å². The molecule has 57 heavy (non-hydrogen) atoms. The number of β-amino-alcohol motifs (C(OH)–C–C–N with tert-alkyl or cyclic N) is 1. The van der Waals surface area contributed by atoms with E-state index in [0.29, 0.717) is 38.0 Å². The third-order valence-corrected chi connectivity index (χ3v) is 11.6. The molecule has 3 N–H and O–H groups in total. The summed E-state index contributed by atoms with van der Waals surface area (Å²) in [5.41, 5.74) is -0.100. The maximum Gasteiger partial charge on any atom is 0.417 e. The van der Waals surface area contributed by atoms with Crippen molar-refractivity contribution in [3.05, 3.63) is 59.2 Å². The number of nitrogens with zero attached hydrogens (tertiary/aromatic N) is 5. The van der Waals surface area contributed by atoms with Crippen molar-refractivity contribution in [3.8, 4) is 6.07 Å². The zero-order valence-electron chi connectivity index (χ0n) is 33.2. The van der Waals surface area contributed by atoms with Crippen molar-refractivity contribution in [3.63, 3.8) is 0 Å². The fourth-order valence-corrected chi connectivity index (χ4v) is 8.33. The van der Waals surface area contributed by atoms with Crippen LogP contribution in [0.1, 0.15) is 88.8 Å². The number of halogens is 3. The topological polar surface area (TPSA) is 149 Å². The molecule has 0 bridgehead atoms. The summed E-state index contributed by atoms with van der Waals surface area (Å²) in [6.45, 7) is 9.90. The van der Waals surface area contributed by atoms with Crippen molar-refractivity contribution in [1.82, 2.24) is 20.0 Å². The summed E-state index contributed by atoms with van der Waals surface area (Å²) >= 11 is 5.17. The zero-order chi connectivity index (χ0) is 42.0. The van der Waals surface area contributed by atoms with Crippen LogP contribution >= 0.6 is 12.2 Å². The molecule has 0 spiro atoms. The number of aliphatic hydroxyl groups excluding tert-OH is 1. The standard InChI is InChI=1S/C21H30N4O4.C20H24F3N3OS/c1-2-21(8-7-18(27)23-20(21)29)16-3-5-17(6-4-16)22-19(28)15-25-11-9-24(10-12-25)13-14-26;1-19(2,26(13-28)15-7-5-4-6-8-15)18(27)25(3)16-10-9-14(12-24)17(11-16)20(21,22)23/h3-6,26H,2,7-15H2,1H3,(H,22,28)(H,23,27,29);9-11,13,15H,4-8H2,1-3H3. The first-order chi connectivity index (χ1) is 27.0. The minimum Gasteiger partial charge on any atom is -0.395 e. The van der Waals surface area contributed by atoms with Crippen LogP contribution in [-0.4, -0.2) is 113 Å². The van der Waals surface area contributed by atoms with E-state index in [1.165, 1.54) is 23.5 Å². The molecule has 2 aromatic rings. The molecule has 2 heterocycles.